The van der Waals surface area contributed by atoms with Gasteiger partial charge in [0.2, 0.25) is 5.91 Å². The van der Waals surface area contributed by atoms with Crippen LogP contribution in [0.2, 0.25) is 0 Å². The molecule has 2 aromatic rings. The van der Waals surface area contributed by atoms with E-state index in [1.54, 1.807) is 0 Å². The number of morpholine rings is 1. The molecule has 1 saturated heterocycles. The average Bonchev–Trinajstić information content (AvgIpc) is 3.26. The summed E-state index contributed by atoms with van der Waals surface area (Å²) in [6.45, 7) is 7.65. The molecule has 4 heteroatoms. The third kappa shape index (κ3) is 3.21. The maximum atomic E-state index is 12.9. The van der Waals surface area contributed by atoms with E-state index in [0.717, 1.165) is 37.7 Å². The van der Waals surface area contributed by atoms with Crippen LogP contribution in [0.25, 0.3) is 0 Å². The van der Waals surface area contributed by atoms with Gasteiger partial charge in [0.15, 0.2) is 0 Å². The van der Waals surface area contributed by atoms with Crippen LogP contribution in [0.5, 0.6) is 0 Å². The number of carbonyl (C=O) groups excluding carboxylic acids is 1. The number of hydrogen-bond acceptors (Lipinski definition) is 3. The fourth-order valence-electron chi connectivity index (χ4n) is 4.23. The van der Waals surface area contributed by atoms with Gasteiger partial charge >= 0.3 is 0 Å². The van der Waals surface area contributed by atoms with Crippen molar-refractivity contribution in [3.8, 4) is 0 Å². The van der Waals surface area contributed by atoms with Crippen molar-refractivity contribution in [1.82, 2.24) is 0 Å². The van der Waals surface area contributed by atoms with Crippen LogP contribution in [-0.2, 0) is 9.53 Å². The van der Waals surface area contributed by atoms with Gasteiger partial charge in [0.1, 0.15) is 0 Å². The van der Waals surface area contributed by atoms with Crippen LogP contribution in [0.3, 0.4) is 0 Å². The summed E-state index contributed by atoms with van der Waals surface area (Å²) in [5.41, 5.74) is 3.25. The average molecular weight is 350 g/mol. The predicted octanol–water partition coefficient (Wildman–Crippen LogP) is 3.90. The summed E-state index contributed by atoms with van der Waals surface area (Å²) < 4.78 is 5.42. The molecule has 1 N–H and O–H groups in total. The maximum absolute atomic E-state index is 12.9. The van der Waals surface area contributed by atoms with Crippen LogP contribution in [0.15, 0.2) is 54.6 Å². The second kappa shape index (κ2) is 6.76. The Kier molecular flexibility index (Phi) is 4.45. The van der Waals surface area contributed by atoms with E-state index < -0.39 is 0 Å². The standard InChI is InChI=1S/C22H26N2O2/c1-22(2)19(16-7-4-3-5-8-16)20(22)21(25)23-17-9-6-10-18(15-17)24-11-13-26-14-12-24/h3-10,15,19-20H,11-14H2,1-2H3,(H,23,25)/t19-,20+/m1/s1. The molecule has 2 aromatic carbocycles. The van der Waals surface area contributed by atoms with Gasteiger partial charge in [-0.05, 0) is 29.2 Å². The first-order valence-corrected chi connectivity index (χ1v) is 9.36. The lowest BCUT2D eigenvalue weighted by Crippen LogP contribution is -2.36. The number of nitrogens with zero attached hydrogens (tertiary/aromatic N) is 1. The first-order valence-electron chi connectivity index (χ1n) is 9.36. The molecule has 0 spiro atoms. The Morgan fingerprint density at radius 1 is 1.08 bits per heavy atom. The third-order valence-corrected chi connectivity index (χ3v) is 5.76. The normalized spacial score (nSPS) is 24.2. The quantitative estimate of drug-likeness (QED) is 0.909. The molecule has 0 unspecified atom stereocenters. The fraction of sp³-hybridized carbons (Fsp3) is 0.409. The highest BCUT2D eigenvalue weighted by molar-refractivity contribution is 5.96. The van der Waals surface area contributed by atoms with E-state index in [2.05, 4.69) is 48.3 Å². The summed E-state index contributed by atoms with van der Waals surface area (Å²) in [5.74, 6) is 0.408. The molecule has 136 valence electrons. The number of carbonyl (C=O) groups is 1. The summed E-state index contributed by atoms with van der Waals surface area (Å²) in [6, 6.07) is 18.5. The van der Waals surface area contributed by atoms with Crippen molar-refractivity contribution in [2.24, 2.45) is 11.3 Å². The molecule has 4 nitrogen and oxygen atoms in total. The van der Waals surface area contributed by atoms with Gasteiger partial charge in [-0.25, -0.2) is 0 Å². The first kappa shape index (κ1) is 17.1. The number of anilines is 2. The maximum Gasteiger partial charge on any atom is 0.228 e. The van der Waals surface area contributed by atoms with E-state index in [4.69, 9.17) is 4.74 Å². The van der Waals surface area contributed by atoms with E-state index in [0.29, 0.717) is 0 Å². The summed E-state index contributed by atoms with van der Waals surface area (Å²) in [6.07, 6.45) is 0. The number of nitrogens with one attached hydrogen (secondary N) is 1. The zero-order chi connectivity index (χ0) is 18.1. The molecule has 1 heterocycles. The van der Waals surface area contributed by atoms with Crippen molar-refractivity contribution in [1.29, 1.82) is 0 Å². The Balaban J connectivity index is 1.47. The number of rotatable bonds is 4. The third-order valence-electron chi connectivity index (χ3n) is 5.76. The lowest BCUT2D eigenvalue weighted by Gasteiger charge is -2.29. The lowest BCUT2D eigenvalue weighted by atomic mass is 10.0. The number of benzene rings is 2. The molecule has 1 aliphatic carbocycles. The monoisotopic (exact) mass is 350 g/mol. The van der Waals surface area contributed by atoms with E-state index in [1.807, 2.05) is 30.3 Å². The number of ether oxygens (including phenoxy) is 1. The molecule has 0 bridgehead atoms. The van der Waals surface area contributed by atoms with Gasteiger partial charge in [-0.1, -0.05) is 50.2 Å². The summed E-state index contributed by atoms with van der Waals surface area (Å²) in [7, 11) is 0. The van der Waals surface area contributed by atoms with E-state index >= 15 is 0 Å². The van der Waals surface area contributed by atoms with Gasteiger partial charge in [-0.3, -0.25) is 4.79 Å². The Bertz CT molecular complexity index is 782. The van der Waals surface area contributed by atoms with Crippen molar-refractivity contribution >= 4 is 17.3 Å². The second-order valence-electron chi connectivity index (χ2n) is 7.83. The Morgan fingerprint density at radius 3 is 2.54 bits per heavy atom. The van der Waals surface area contributed by atoms with Crippen molar-refractivity contribution in [3.63, 3.8) is 0 Å². The topological polar surface area (TPSA) is 41.6 Å². The van der Waals surface area contributed by atoms with Gasteiger partial charge in [0.05, 0.1) is 19.1 Å². The molecule has 2 fully saturated rings. The minimum Gasteiger partial charge on any atom is -0.378 e. The lowest BCUT2D eigenvalue weighted by molar-refractivity contribution is -0.118. The van der Waals surface area contributed by atoms with E-state index in [1.165, 1.54) is 5.56 Å². The van der Waals surface area contributed by atoms with Gasteiger partial charge in [-0.2, -0.15) is 0 Å². The molecular weight excluding hydrogens is 324 g/mol. The smallest absolute Gasteiger partial charge is 0.228 e. The molecule has 1 saturated carbocycles. The molecule has 0 aromatic heterocycles. The minimum atomic E-state index is -0.00669. The van der Waals surface area contributed by atoms with E-state index in [-0.39, 0.29) is 23.2 Å². The molecule has 2 aliphatic rings. The van der Waals surface area contributed by atoms with Crippen LogP contribution >= 0.6 is 0 Å². The summed E-state index contributed by atoms with van der Waals surface area (Å²) in [4.78, 5) is 15.2. The molecular formula is C22H26N2O2. The highest BCUT2D eigenvalue weighted by Gasteiger charge is 2.62. The summed E-state index contributed by atoms with van der Waals surface area (Å²) >= 11 is 0. The molecule has 2 atom stereocenters. The summed E-state index contributed by atoms with van der Waals surface area (Å²) in [5, 5.41) is 3.14. The molecule has 1 aliphatic heterocycles. The van der Waals surface area contributed by atoms with Crippen molar-refractivity contribution in [2.45, 2.75) is 19.8 Å². The van der Waals surface area contributed by atoms with Gasteiger partial charge in [0.25, 0.3) is 0 Å². The minimum absolute atomic E-state index is 0.00669. The largest absolute Gasteiger partial charge is 0.378 e. The predicted molar refractivity (Wildman–Crippen MR) is 105 cm³/mol. The second-order valence-corrected chi connectivity index (χ2v) is 7.83. The molecule has 1 amide bonds. The Labute approximate surface area is 155 Å². The Morgan fingerprint density at radius 2 is 1.81 bits per heavy atom. The van der Waals surface area contributed by atoms with Crippen LogP contribution in [0, 0.1) is 11.3 Å². The molecule has 0 radical (unpaired) electrons. The Hall–Kier alpha value is -2.33. The van der Waals surface area contributed by atoms with Crippen molar-refractivity contribution in [3.05, 3.63) is 60.2 Å². The fourth-order valence-corrected chi connectivity index (χ4v) is 4.23. The van der Waals surface area contributed by atoms with Crippen LogP contribution < -0.4 is 10.2 Å². The highest BCUT2D eigenvalue weighted by atomic mass is 16.5. The first-order chi connectivity index (χ1) is 12.6. The SMILES string of the molecule is CC1(C)[C@H](C(=O)Nc2cccc(N3CCOCC3)c2)[C@H]1c1ccccc1. The van der Waals surface area contributed by atoms with E-state index in [9.17, 15) is 4.79 Å². The molecule has 4 rings (SSSR count). The van der Waals surface area contributed by atoms with Gasteiger partial charge < -0.3 is 15.0 Å². The highest BCUT2D eigenvalue weighted by Crippen LogP contribution is 2.64. The number of amides is 1. The van der Waals surface area contributed by atoms with Crippen LogP contribution in [0.4, 0.5) is 11.4 Å². The van der Waals surface area contributed by atoms with Gasteiger partial charge in [-0.15, -0.1) is 0 Å². The van der Waals surface area contributed by atoms with Crippen molar-refractivity contribution in [2.75, 3.05) is 36.5 Å². The zero-order valence-electron chi connectivity index (χ0n) is 15.4. The van der Waals surface area contributed by atoms with Gasteiger partial charge in [0, 0.05) is 30.4 Å². The van der Waals surface area contributed by atoms with Crippen molar-refractivity contribution < 1.29 is 9.53 Å². The zero-order valence-corrected chi connectivity index (χ0v) is 15.4. The number of hydrogen-bond donors (Lipinski definition) is 1. The van der Waals surface area contributed by atoms with Crippen LogP contribution in [-0.4, -0.2) is 32.2 Å². The molecule has 26 heavy (non-hydrogen) atoms. The van der Waals surface area contributed by atoms with Crippen LogP contribution in [0.1, 0.15) is 25.3 Å².